The summed E-state index contributed by atoms with van der Waals surface area (Å²) in [6.45, 7) is 6.06. The summed E-state index contributed by atoms with van der Waals surface area (Å²) in [4.78, 5) is 43.3. The molecule has 0 N–H and O–H groups in total. The molecular weight excluding hydrogens is 422 g/mol. The summed E-state index contributed by atoms with van der Waals surface area (Å²) in [7, 11) is 0. The van der Waals surface area contributed by atoms with Crippen molar-refractivity contribution >= 4 is 29.2 Å². The van der Waals surface area contributed by atoms with Gasteiger partial charge in [-0.15, -0.1) is 0 Å². The van der Waals surface area contributed by atoms with Gasteiger partial charge in [0.05, 0.1) is 12.1 Å². The lowest BCUT2D eigenvalue weighted by molar-refractivity contribution is -0.159. The van der Waals surface area contributed by atoms with Crippen LogP contribution < -0.4 is 14.5 Å². The molecule has 0 radical (unpaired) electrons. The van der Waals surface area contributed by atoms with E-state index in [0.717, 1.165) is 18.8 Å². The van der Waals surface area contributed by atoms with Gasteiger partial charge in [-0.05, 0) is 38.1 Å². The van der Waals surface area contributed by atoms with Crippen LogP contribution in [-0.2, 0) is 19.1 Å². The molecule has 8 nitrogen and oxygen atoms in total. The van der Waals surface area contributed by atoms with Crippen LogP contribution >= 0.6 is 0 Å². The largest absolute Gasteiger partial charge is 0.479 e. The van der Waals surface area contributed by atoms with Crippen LogP contribution in [0.5, 0.6) is 5.75 Å². The molecule has 174 valence electrons. The van der Waals surface area contributed by atoms with Crippen molar-refractivity contribution in [3.05, 3.63) is 54.6 Å². The summed E-state index contributed by atoms with van der Waals surface area (Å²) in [6.07, 6.45) is -1.50. The van der Waals surface area contributed by atoms with Crippen molar-refractivity contribution in [1.82, 2.24) is 4.90 Å². The second kappa shape index (κ2) is 9.94. The predicted octanol–water partition coefficient (Wildman–Crippen LogP) is 2.47. The fourth-order valence-corrected chi connectivity index (χ4v) is 4.18. The fraction of sp³-hybridized carbons (Fsp3) is 0.400. The molecule has 2 atom stereocenters. The minimum Gasteiger partial charge on any atom is -0.479 e. The number of hydrogen-bond donors (Lipinski definition) is 0. The molecule has 2 unspecified atom stereocenters. The molecule has 2 aliphatic heterocycles. The molecule has 2 aromatic carbocycles. The number of carbonyl (C=O) groups excluding carboxylic acids is 3. The van der Waals surface area contributed by atoms with Gasteiger partial charge in [0.15, 0.2) is 12.2 Å². The molecule has 2 aromatic rings. The molecule has 2 amide bonds. The third-order valence-electron chi connectivity index (χ3n) is 5.98. The Balaban J connectivity index is 1.27. The van der Waals surface area contributed by atoms with Crippen molar-refractivity contribution in [3.8, 4) is 5.75 Å². The van der Waals surface area contributed by atoms with Crippen molar-refractivity contribution < 1.29 is 23.9 Å². The number of para-hydroxylation sites is 3. The maximum atomic E-state index is 12.8. The van der Waals surface area contributed by atoms with E-state index in [1.165, 1.54) is 0 Å². The molecule has 8 heteroatoms. The number of nitrogens with zero attached hydrogens (tertiary/aromatic N) is 3. The van der Waals surface area contributed by atoms with Crippen LogP contribution in [0, 0.1) is 0 Å². The van der Waals surface area contributed by atoms with E-state index in [1.54, 1.807) is 35.8 Å². The maximum Gasteiger partial charge on any atom is 0.308 e. The maximum absolute atomic E-state index is 12.8. The molecule has 0 spiro atoms. The van der Waals surface area contributed by atoms with E-state index in [0.29, 0.717) is 24.5 Å². The number of piperazine rings is 1. The van der Waals surface area contributed by atoms with Crippen LogP contribution in [0.25, 0.3) is 0 Å². The second-order valence-corrected chi connectivity index (χ2v) is 8.25. The number of rotatable bonds is 6. The van der Waals surface area contributed by atoms with Gasteiger partial charge in [-0.3, -0.25) is 14.4 Å². The summed E-state index contributed by atoms with van der Waals surface area (Å²) in [5.41, 5.74) is 1.77. The van der Waals surface area contributed by atoms with Gasteiger partial charge in [0.2, 0.25) is 0 Å². The third kappa shape index (κ3) is 5.10. The number of fused-ring (bicyclic) bond motifs is 1. The van der Waals surface area contributed by atoms with Crippen LogP contribution in [0.4, 0.5) is 11.4 Å². The normalized spacial score (nSPS) is 18.9. The summed E-state index contributed by atoms with van der Waals surface area (Å²) in [5.74, 6) is -0.307. The highest BCUT2D eigenvalue weighted by molar-refractivity contribution is 6.00. The first-order valence-electron chi connectivity index (χ1n) is 11.3. The van der Waals surface area contributed by atoms with E-state index in [2.05, 4.69) is 17.0 Å². The lowest BCUT2D eigenvalue weighted by atomic mass is 10.2. The van der Waals surface area contributed by atoms with E-state index in [9.17, 15) is 14.4 Å². The van der Waals surface area contributed by atoms with Gasteiger partial charge in [0, 0.05) is 38.4 Å². The van der Waals surface area contributed by atoms with Gasteiger partial charge >= 0.3 is 5.97 Å². The minimum atomic E-state index is -0.868. The van der Waals surface area contributed by atoms with Crippen LogP contribution in [0.15, 0.2) is 54.6 Å². The smallest absolute Gasteiger partial charge is 0.308 e. The number of benzene rings is 2. The van der Waals surface area contributed by atoms with E-state index in [4.69, 9.17) is 9.47 Å². The molecule has 0 aliphatic carbocycles. The van der Waals surface area contributed by atoms with Crippen molar-refractivity contribution in [1.29, 1.82) is 0 Å². The zero-order valence-corrected chi connectivity index (χ0v) is 19.0. The Labute approximate surface area is 193 Å². The highest BCUT2D eigenvalue weighted by Crippen LogP contribution is 2.33. The van der Waals surface area contributed by atoms with E-state index >= 15 is 0 Å². The van der Waals surface area contributed by atoms with E-state index in [1.807, 2.05) is 30.3 Å². The monoisotopic (exact) mass is 451 g/mol. The number of amides is 2. The number of anilines is 2. The molecule has 1 saturated heterocycles. The van der Waals surface area contributed by atoms with Gasteiger partial charge in [-0.25, -0.2) is 0 Å². The first-order valence-corrected chi connectivity index (χ1v) is 11.3. The number of ether oxygens (including phenoxy) is 2. The lowest BCUT2D eigenvalue weighted by Gasteiger charge is -2.37. The molecule has 2 heterocycles. The van der Waals surface area contributed by atoms with E-state index < -0.39 is 18.2 Å². The Bertz CT molecular complexity index is 1000. The second-order valence-electron chi connectivity index (χ2n) is 8.25. The van der Waals surface area contributed by atoms with Gasteiger partial charge in [-0.1, -0.05) is 30.3 Å². The molecular formula is C25H29N3O5. The molecule has 2 aliphatic rings. The standard InChI is InChI=1S/C25H29N3O5/c1-18(24(30)27-16-14-26(15-17-27)20-8-4-3-5-9-20)33-23(29)12-13-28-21-10-6-7-11-22(21)32-19(2)25(28)31/h3-11,18-19H,12-17H2,1-2H3. The lowest BCUT2D eigenvalue weighted by Crippen LogP contribution is -2.51. The fourth-order valence-electron chi connectivity index (χ4n) is 4.18. The molecule has 4 rings (SSSR count). The first kappa shape index (κ1) is 22.6. The van der Waals surface area contributed by atoms with E-state index in [-0.39, 0.29) is 24.8 Å². The highest BCUT2D eigenvalue weighted by atomic mass is 16.5. The Morgan fingerprint density at radius 3 is 2.42 bits per heavy atom. The molecule has 1 fully saturated rings. The topological polar surface area (TPSA) is 79.4 Å². The van der Waals surface area contributed by atoms with Crippen molar-refractivity contribution in [2.45, 2.75) is 32.5 Å². The predicted molar refractivity (Wildman–Crippen MR) is 124 cm³/mol. The Morgan fingerprint density at radius 1 is 1.03 bits per heavy atom. The average Bonchev–Trinajstić information content (AvgIpc) is 2.84. The zero-order chi connectivity index (χ0) is 23.4. The molecule has 0 saturated carbocycles. The first-order chi connectivity index (χ1) is 15.9. The van der Waals surface area contributed by atoms with Crippen LogP contribution in [0.3, 0.4) is 0 Å². The molecule has 0 aromatic heterocycles. The minimum absolute atomic E-state index is 0.00774. The summed E-state index contributed by atoms with van der Waals surface area (Å²) in [6, 6.07) is 17.3. The van der Waals surface area contributed by atoms with Crippen LogP contribution in [-0.4, -0.2) is 67.6 Å². The summed E-state index contributed by atoms with van der Waals surface area (Å²) in [5, 5.41) is 0. The van der Waals surface area contributed by atoms with Crippen molar-refractivity contribution in [3.63, 3.8) is 0 Å². The van der Waals surface area contributed by atoms with Gasteiger partial charge in [-0.2, -0.15) is 0 Å². The molecule has 33 heavy (non-hydrogen) atoms. The Kier molecular flexibility index (Phi) is 6.82. The van der Waals surface area contributed by atoms with Crippen molar-refractivity contribution in [2.75, 3.05) is 42.5 Å². The number of carbonyl (C=O) groups is 3. The van der Waals surface area contributed by atoms with Gasteiger partial charge in [0.25, 0.3) is 11.8 Å². The van der Waals surface area contributed by atoms with Crippen LogP contribution in [0.2, 0.25) is 0 Å². The SMILES string of the molecule is CC(OC(=O)CCN1C(=O)C(C)Oc2ccccc21)C(=O)N1CCN(c2ccccc2)CC1. The Morgan fingerprint density at radius 2 is 1.70 bits per heavy atom. The number of hydrogen-bond acceptors (Lipinski definition) is 6. The quantitative estimate of drug-likeness (QED) is 0.628. The van der Waals surface area contributed by atoms with Gasteiger partial charge in [0.1, 0.15) is 5.75 Å². The van der Waals surface area contributed by atoms with Crippen LogP contribution in [0.1, 0.15) is 20.3 Å². The highest BCUT2D eigenvalue weighted by Gasteiger charge is 2.32. The Hall–Kier alpha value is -3.55. The average molecular weight is 452 g/mol. The summed E-state index contributed by atoms with van der Waals surface area (Å²) >= 11 is 0. The van der Waals surface area contributed by atoms with Gasteiger partial charge < -0.3 is 24.2 Å². The number of esters is 1. The third-order valence-corrected chi connectivity index (χ3v) is 5.98. The van der Waals surface area contributed by atoms with Crippen molar-refractivity contribution in [2.24, 2.45) is 0 Å². The zero-order valence-electron chi connectivity index (χ0n) is 19.0. The molecule has 0 bridgehead atoms. The summed E-state index contributed by atoms with van der Waals surface area (Å²) < 4.78 is 11.0.